The van der Waals surface area contributed by atoms with Gasteiger partial charge < -0.3 is 114 Å². The molecule has 480 valence electrons. The lowest BCUT2D eigenvalue weighted by molar-refractivity contribution is -0.420. The Hall–Kier alpha value is -2.42. The number of rotatable bonds is 13. The van der Waals surface area contributed by atoms with Crippen molar-refractivity contribution < 1.29 is 124 Å². The topological polar surface area (TPSA) is 411 Å². The summed E-state index contributed by atoms with van der Waals surface area (Å²) in [6.07, 6.45) is -34.0. The summed E-state index contributed by atoms with van der Waals surface area (Å²) in [6.45, 7) is 17.3. The van der Waals surface area contributed by atoms with Gasteiger partial charge >= 0.3 is 11.9 Å². The summed E-state index contributed by atoms with van der Waals surface area (Å²) in [5.41, 5.74) is -5.63. The third-order valence-corrected chi connectivity index (χ3v) is 22.9. The third kappa shape index (κ3) is 10.2. The van der Waals surface area contributed by atoms with Crippen LogP contribution in [0.4, 0.5) is 0 Å². The Balaban J connectivity index is 1.08. The molecule has 9 aliphatic rings. The van der Waals surface area contributed by atoms with E-state index in [2.05, 4.69) is 40.7 Å². The fourth-order valence-corrected chi connectivity index (χ4v) is 17.7. The van der Waals surface area contributed by atoms with Gasteiger partial charge in [-0.15, -0.1) is 0 Å². The predicted octanol–water partition coefficient (Wildman–Crippen LogP) is -1.59. The van der Waals surface area contributed by atoms with Crippen molar-refractivity contribution in [1.29, 1.82) is 0 Å². The highest BCUT2D eigenvalue weighted by Gasteiger charge is 2.74. The number of fused-ring (bicyclic) bond motifs is 7. The average molecular weight is 1200 g/mol. The van der Waals surface area contributed by atoms with Gasteiger partial charge in [0.05, 0.1) is 43.5 Å². The zero-order valence-electron chi connectivity index (χ0n) is 49.7. The molecule has 0 spiro atoms. The smallest absolute Gasteiger partial charge is 0.335 e. The van der Waals surface area contributed by atoms with Gasteiger partial charge in [0.25, 0.3) is 0 Å². The van der Waals surface area contributed by atoms with Crippen LogP contribution in [0, 0.1) is 50.2 Å². The average Bonchev–Trinajstić information content (AvgIpc) is 0.690. The second-order valence-corrected chi connectivity index (χ2v) is 28.2. The minimum absolute atomic E-state index is 0.000366. The maximum absolute atomic E-state index is 13.6. The van der Waals surface area contributed by atoms with Crippen molar-refractivity contribution in [3.05, 3.63) is 23.3 Å². The molecule has 0 radical (unpaired) electrons. The highest BCUT2D eigenvalue weighted by molar-refractivity contribution is 5.87. The van der Waals surface area contributed by atoms with E-state index in [-0.39, 0.29) is 36.2 Å². The standard InChI is InChI=1S/C59H94O25/c1-11-24(2)49(75)80-34-20-53(4,5)18-27-26-12-13-31-55(8)16-15-33(54(6,7)30(55)14-17-56(31,9)57(26,10)19-32(63)58(27,34)23-62)81-52-47(84-51-42(71)39(68)36(65)29(22-61)79-51)59(76,45(72)44(83-52)48(73)74)46-43(40(69)37(66)28(21-60)78-46)82-50-41(70)38(67)35(64)25(3)77-50/h11-12,25,27-47,50-52,60-72,76H,13-23H2,1-10H3,(H,73,74)/b24-11-/t25-,27-,28+,29+,30-,31+,32+,33-,34-,35-,36-,37-,38+,39-,40-,41+,42+,43+,44-,45+,46+,47-,50-,51-,52+,55-,56+,57+,58-,59+/m0/s1. The molecule has 0 amide bonds. The minimum Gasteiger partial charge on any atom is -0.479 e. The van der Waals surface area contributed by atoms with Crippen LogP contribution in [0.5, 0.6) is 0 Å². The molecule has 8 fully saturated rings. The molecule has 4 saturated heterocycles. The number of ether oxygens (including phenoxy) is 8. The summed E-state index contributed by atoms with van der Waals surface area (Å²) in [4.78, 5) is 26.8. The highest BCUT2D eigenvalue weighted by atomic mass is 16.8. The molecule has 84 heavy (non-hydrogen) atoms. The van der Waals surface area contributed by atoms with Gasteiger partial charge in [-0.3, -0.25) is 0 Å². The molecule has 0 aromatic rings. The highest BCUT2D eigenvalue weighted by Crippen LogP contribution is 2.76. The van der Waals surface area contributed by atoms with E-state index in [1.807, 2.05) is 13.8 Å². The van der Waals surface area contributed by atoms with Gasteiger partial charge in [0.1, 0.15) is 91.6 Å². The van der Waals surface area contributed by atoms with Gasteiger partial charge in [-0.1, -0.05) is 66.2 Å². The van der Waals surface area contributed by atoms with Gasteiger partial charge in [-0.2, -0.15) is 0 Å². The van der Waals surface area contributed by atoms with E-state index in [1.54, 1.807) is 19.9 Å². The summed E-state index contributed by atoms with van der Waals surface area (Å²) < 4.78 is 49.2. The Morgan fingerprint density at radius 2 is 1.29 bits per heavy atom. The molecular weight excluding hydrogens is 1110 g/mol. The van der Waals surface area contributed by atoms with E-state index in [4.69, 9.17) is 37.9 Å². The number of carbonyl (C=O) groups excluding carboxylic acids is 1. The molecule has 5 aliphatic carbocycles. The van der Waals surface area contributed by atoms with Gasteiger partial charge in [0.15, 0.2) is 30.6 Å². The Labute approximate surface area is 489 Å². The van der Waals surface area contributed by atoms with Crippen LogP contribution in [-0.4, -0.2) is 249 Å². The summed E-state index contributed by atoms with van der Waals surface area (Å²) in [5.74, 6) is -2.85. The quantitative estimate of drug-likeness (QED) is 0.0428. The summed E-state index contributed by atoms with van der Waals surface area (Å²) in [7, 11) is 0. The van der Waals surface area contributed by atoms with Gasteiger partial charge in [-0.25, -0.2) is 9.59 Å². The third-order valence-electron chi connectivity index (χ3n) is 22.9. The Kier molecular flexibility index (Phi) is 18.4. The van der Waals surface area contributed by atoms with E-state index in [1.165, 1.54) is 6.92 Å². The van der Waals surface area contributed by atoms with Crippen LogP contribution in [0.1, 0.15) is 121 Å². The molecule has 15 N–H and O–H groups in total. The second kappa shape index (κ2) is 23.4. The zero-order valence-corrected chi connectivity index (χ0v) is 49.7. The fraction of sp³-hybridized carbons (Fsp3) is 0.898. The van der Waals surface area contributed by atoms with Gasteiger partial charge in [0.2, 0.25) is 0 Å². The van der Waals surface area contributed by atoms with E-state index >= 15 is 0 Å². The van der Waals surface area contributed by atoms with Gasteiger partial charge in [0, 0.05) is 5.57 Å². The molecule has 0 aromatic heterocycles. The number of aliphatic hydroxyl groups excluding tert-OH is 13. The molecule has 4 saturated carbocycles. The minimum atomic E-state index is -3.38. The molecule has 30 atom stereocenters. The van der Waals surface area contributed by atoms with Crippen molar-refractivity contribution in [1.82, 2.24) is 0 Å². The van der Waals surface area contributed by atoms with Crippen LogP contribution in [0.25, 0.3) is 0 Å². The summed E-state index contributed by atoms with van der Waals surface area (Å²) in [5, 5.41) is 170. The number of aliphatic carboxylic acids is 1. The number of carboxylic acid groups (broad SMARTS) is 1. The van der Waals surface area contributed by atoms with Crippen LogP contribution in [0.2, 0.25) is 0 Å². The predicted molar refractivity (Wildman–Crippen MR) is 288 cm³/mol. The van der Waals surface area contributed by atoms with Crippen molar-refractivity contribution in [3.8, 4) is 0 Å². The first kappa shape index (κ1) is 66.0. The monoisotopic (exact) mass is 1200 g/mol. The fourth-order valence-electron chi connectivity index (χ4n) is 17.7. The van der Waals surface area contributed by atoms with Crippen molar-refractivity contribution in [2.45, 2.75) is 261 Å². The number of carbonyl (C=O) groups is 2. The maximum atomic E-state index is 13.6. The summed E-state index contributed by atoms with van der Waals surface area (Å²) >= 11 is 0. The molecule has 0 aromatic carbocycles. The largest absolute Gasteiger partial charge is 0.479 e. The van der Waals surface area contributed by atoms with Gasteiger partial charge in [-0.05, 0) is 117 Å². The van der Waals surface area contributed by atoms with Crippen LogP contribution >= 0.6 is 0 Å². The Bertz CT molecular complexity index is 2460. The number of carboxylic acids is 1. The lowest BCUT2D eigenvalue weighted by Crippen LogP contribution is -2.79. The lowest BCUT2D eigenvalue weighted by atomic mass is 9.33. The Morgan fingerprint density at radius 1 is 0.679 bits per heavy atom. The maximum Gasteiger partial charge on any atom is 0.335 e. The molecular formula is C59H94O25. The number of aliphatic hydroxyl groups is 14. The van der Waals surface area contributed by atoms with Crippen LogP contribution in [0.3, 0.4) is 0 Å². The first-order valence-electron chi connectivity index (χ1n) is 29.8. The van der Waals surface area contributed by atoms with Crippen LogP contribution < -0.4 is 0 Å². The number of hydrogen-bond donors (Lipinski definition) is 15. The van der Waals surface area contributed by atoms with Crippen molar-refractivity contribution in [2.24, 2.45) is 50.2 Å². The van der Waals surface area contributed by atoms with Crippen molar-refractivity contribution in [2.75, 3.05) is 19.8 Å². The number of esters is 1. The molecule has 0 bridgehead atoms. The van der Waals surface area contributed by atoms with E-state index in [0.717, 1.165) is 5.57 Å². The molecule has 25 heteroatoms. The van der Waals surface area contributed by atoms with Crippen molar-refractivity contribution in [3.63, 3.8) is 0 Å². The molecule has 25 nitrogen and oxygen atoms in total. The van der Waals surface area contributed by atoms with Crippen LogP contribution in [0.15, 0.2) is 23.3 Å². The second-order valence-electron chi connectivity index (χ2n) is 28.2. The van der Waals surface area contributed by atoms with E-state index in [0.29, 0.717) is 50.5 Å². The molecule has 0 unspecified atom stereocenters. The normalized spacial score (nSPS) is 52.8. The first-order chi connectivity index (χ1) is 39.1. The SMILES string of the molecule is C/C=C(/C)C(=O)O[C@H]1CC(C)(C)C[C@H]2C3=CC[C@@H]4[C@@]5(C)CC[C@H](O[C@@H]6O[C@H](C(=O)O)[C@@H](O)[C@@](O)([C@@H]7O[C@H](CO)[C@H](O)[C@H](O)[C@H]7O[C@@H]7O[C@@H](C)[C@H](O)[C@@H](O)[C@H]7O)[C@H]6O[C@@H]6O[C@H](CO)[C@H](O)[C@H](O)[C@H]6O)C(C)(C)[C@@H]5CC[C@@]4(C)[C@]3(C)C[C@@H](O)[C@@]12CO. The summed E-state index contributed by atoms with van der Waals surface area (Å²) in [6, 6.07) is 0. The first-order valence-corrected chi connectivity index (χ1v) is 29.8. The molecule has 4 aliphatic heterocycles. The lowest BCUT2D eigenvalue weighted by Gasteiger charge is -2.72. The Morgan fingerprint density at radius 3 is 1.89 bits per heavy atom. The van der Waals surface area contributed by atoms with Crippen LogP contribution in [-0.2, 0) is 47.5 Å². The molecule has 4 heterocycles. The zero-order chi connectivity index (χ0) is 62.1. The van der Waals surface area contributed by atoms with Crippen molar-refractivity contribution >= 4 is 11.9 Å². The molecule has 9 rings (SSSR count). The number of allylic oxidation sites excluding steroid dienone is 3. The van der Waals surface area contributed by atoms with E-state index in [9.17, 15) is 86.2 Å². The number of hydrogen-bond acceptors (Lipinski definition) is 24. The van der Waals surface area contributed by atoms with E-state index < -0.39 is 193 Å².